The number of hydrogen-bond donors (Lipinski definition) is 1. The van der Waals surface area contributed by atoms with Crippen molar-refractivity contribution in [2.75, 3.05) is 26.7 Å². The molecule has 1 N–H and O–H groups in total. The Balaban J connectivity index is 1.37. The van der Waals surface area contributed by atoms with Crippen molar-refractivity contribution in [3.63, 3.8) is 0 Å². The highest BCUT2D eigenvalue weighted by atomic mass is 16.5. The number of likely N-dealkylation sites (tertiary alicyclic amines) is 1. The fourth-order valence-electron chi connectivity index (χ4n) is 3.56. The highest BCUT2D eigenvalue weighted by Crippen LogP contribution is 2.21. The van der Waals surface area contributed by atoms with Gasteiger partial charge in [-0.25, -0.2) is 14.5 Å². The van der Waals surface area contributed by atoms with Gasteiger partial charge >= 0.3 is 0 Å². The molecular formula is C21H24N6O3. The monoisotopic (exact) mass is 408 g/mol. The summed E-state index contributed by atoms with van der Waals surface area (Å²) in [6, 6.07) is 9.53. The largest absolute Gasteiger partial charge is 0.497 e. The lowest BCUT2D eigenvalue weighted by atomic mass is 10.1. The second-order valence-corrected chi connectivity index (χ2v) is 7.21. The molecule has 30 heavy (non-hydrogen) atoms. The summed E-state index contributed by atoms with van der Waals surface area (Å²) in [5.41, 5.74) is 2.45. The van der Waals surface area contributed by atoms with Gasteiger partial charge in [-0.3, -0.25) is 9.59 Å². The van der Waals surface area contributed by atoms with E-state index in [0.717, 1.165) is 17.0 Å². The summed E-state index contributed by atoms with van der Waals surface area (Å²) in [6.45, 7) is 3.47. The zero-order valence-electron chi connectivity index (χ0n) is 17.0. The first-order valence-electron chi connectivity index (χ1n) is 9.98. The van der Waals surface area contributed by atoms with E-state index in [1.54, 1.807) is 22.9 Å². The summed E-state index contributed by atoms with van der Waals surface area (Å²) < 4.78 is 6.81. The molecule has 1 aliphatic heterocycles. The molecule has 156 valence electrons. The fourth-order valence-corrected chi connectivity index (χ4v) is 3.56. The Morgan fingerprint density at radius 2 is 2.10 bits per heavy atom. The van der Waals surface area contributed by atoms with Crippen LogP contribution >= 0.6 is 0 Å². The molecule has 0 bridgehead atoms. The van der Waals surface area contributed by atoms with Gasteiger partial charge in [0.05, 0.1) is 18.7 Å². The molecular weight excluding hydrogens is 384 g/mol. The number of hydrogen-bond acceptors (Lipinski definition) is 6. The van der Waals surface area contributed by atoms with E-state index in [0.29, 0.717) is 37.5 Å². The molecule has 3 aromatic rings. The number of carbonyl (C=O) groups excluding carboxylic acids is 2. The van der Waals surface area contributed by atoms with Gasteiger partial charge < -0.3 is 15.0 Å². The minimum absolute atomic E-state index is 0.0415. The molecule has 2 aromatic heterocycles. The Labute approximate surface area is 174 Å². The normalized spacial score (nSPS) is 16.3. The predicted octanol–water partition coefficient (Wildman–Crippen LogP) is 1.33. The summed E-state index contributed by atoms with van der Waals surface area (Å²) >= 11 is 0. The van der Waals surface area contributed by atoms with Gasteiger partial charge in [-0.1, -0.05) is 0 Å². The number of nitrogens with one attached hydrogen (secondary N) is 1. The third kappa shape index (κ3) is 4.10. The molecule has 1 fully saturated rings. The standard InChI is InChI=1S/C21H24N6O3/c1-3-26-12-15(10-20(26)28)21(29)22-9-8-18-24-19-11-17(23-13-27(19)25-18)14-4-6-16(30-2)7-5-14/h4-7,11,13,15H,3,8-10,12H2,1-2H3,(H,22,29). The van der Waals surface area contributed by atoms with Gasteiger partial charge in [-0.2, -0.15) is 0 Å². The van der Waals surface area contributed by atoms with Gasteiger partial charge in [0.1, 0.15) is 12.1 Å². The molecule has 4 rings (SSSR count). The van der Waals surface area contributed by atoms with Crippen LogP contribution in [0.2, 0.25) is 0 Å². The molecule has 0 aliphatic carbocycles. The van der Waals surface area contributed by atoms with E-state index in [1.807, 2.05) is 37.3 Å². The molecule has 2 amide bonds. The van der Waals surface area contributed by atoms with Crippen LogP contribution in [0.25, 0.3) is 16.9 Å². The Morgan fingerprint density at radius 3 is 2.80 bits per heavy atom. The van der Waals surface area contributed by atoms with E-state index in [2.05, 4.69) is 20.4 Å². The smallest absolute Gasteiger partial charge is 0.225 e. The van der Waals surface area contributed by atoms with Crippen LogP contribution in [0.5, 0.6) is 5.75 Å². The van der Waals surface area contributed by atoms with Gasteiger partial charge in [0.25, 0.3) is 0 Å². The number of ether oxygens (including phenoxy) is 1. The number of rotatable bonds is 7. The lowest BCUT2D eigenvalue weighted by molar-refractivity contribution is -0.128. The first-order chi connectivity index (χ1) is 14.6. The van der Waals surface area contributed by atoms with E-state index in [9.17, 15) is 9.59 Å². The molecule has 1 unspecified atom stereocenters. The molecule has 1 saturated heterocycles. The average Bonchev–Trinajstić information content (AvgIpc) is 3.35. The lowest BCUT2D eigenvalue weighted by Crippen LogP contribution is -2.34. The predicted molar refractivity (Wildman–Crippen MR) is 110 cm³/mol. The van der Waals surface area contributed by atoms with Crippen LogP contribution < -0.4 is 10.1 Å². The van der Waals surface area contributed by atoms with Crippen molar-refractivity contribution in [3.05, 3.63) is 42.5 Å². The Hall–Kier alpha value is -3.49. The number of amides is 2. The van der Waals surface area contributed by atoms with Crippen molar-refractivity contribution in [3.8, 4) is 17.0 Å². The highest BCUT2D eigenvalue weighted by Gasteiger charge is 2.33. The molecule has 3 heterocycles. The van der Waals surface area contributed by atoms with Crippen LogP contribution in [0.4, 0.5) is 0 Å². The molecule has 1 atom stereocenters. The third-order valence-corrected chi connectivity index (χ3v) is 5.27. The number of methoxy groups -OCH3 is 1. The molecule has 1 aromatic carbocycles. The van der Waals surface area contributed by atoms with Gasteiger partial charge in [0.15, 0.2) is 11.5 Å². The minimum atomic E-state index is -0.275. The topological polar surface area (TPSA) is 102 Å². The Morgan fingerprint density at radius 1 is 1.30 bits per heavy atom. The van der Waals surface area contributed by atoms with Crippen molar-refractivity contribution in [2.24, 2.45) is 5.92 Å². The summed E-state index contributed by atoms with van der Waals surface area (Å²) in [4.78, 5) is 34.8. The van der Waals surface area contributed by atoms with Crippen LogP contribution in [0.3, 0.4) is 0 Å². The summed E-state index contributed by atoms with van der Waals surface area (Å²) in [6.07, 6.45) is 2.42. The maximum absolute atomic E-state index is 12.3. The highest BCUT2D eigenvalue weighted by molar-refractivity contribution is 5.89. The van der Waals surface area contributed by atoms with Crippen molar-refractivity contribution < 1.29 is 14.3 Å². The summed E-state index contributed by atoms with van der Waals surface area (Å²) in [7, 11) is 1.63. The Bertz CT molecular complexity index is 1060. The minimum Gasteiger partial charge on any atom is -0.497 e. The third-order valence-electron chi connectivity index (χ3n) is 5.27. The fraction of sp³-hybridized carbons (Fsp3) is 0.381. The Kier molecular flexibility index (Phi) is 5.60. The van der Waals surface area contributed by atoms with Crippen molar-refractivity contribution in [2.45, 2.75) is 19.8 Å². The summed E-state index contributed by atoms with van der Waals surface area (Å²) in [5, 5.41) is 7.31. The van der Waals surface area contributed by atoms with Crippen LogP contribution in [0, 0.1) is 5.92 Å². The van der Waals surface area contributed by atoms with Gasteiger partial charge in [0.2, 0.25) is 11.8 Å². The number of nitrogens with zero attached hydrogens (tertiary/aromatic N) is 5. The van der Waals surface area contributed by atoms with E-state index >= 15 is 0 Å². The second kappa shape index (κ2) is 8.48. The SMILES string of the molecule is CCN1CC(C(=O)NCCc2nc3cc(-c4ccc(OC)cc4)ncn3n2)CC1=O. The van der Waals surface area contributed by atoms with E-state index in [1.165, 1.54) is 0 Å². The zero-order valence-corrected chi connectivity index (χ0v) is 17.0. The molecule has 0 saturated carbocycles. The number of fused-ring (bicyclic) bond motifs is 1. The number of aromatic nitrogens is 4. The quantitative estimate of drug-likeness (QED) is 0.633. The zero-order chi connectivity index (χ0) is 21.1. The molecule has 0 spiro atoms. The first kappa shape index (κ1) is 19.8. The van der Waals surface area contributed by atoms with Gasteiger partial charge in [-0.15, -0.1) is 5.10 Å². The van der Waals surface area contributed by atoms with E-state index < -0.39 is 0 Å². The second-order valence-electron chi connectivity index (χ2n) is 7.21. The molecule has 1 aliphatic rings. The van der Waals surface area contributed by atoms with Crippen LogP contribution in [0.15, 0.2) is 36.7 Å². The average molecular weight is 408 g/mol. The van der Waals surface area contributed by atoms with Crippen LogP contribution in [-0.2, 0) is 16.0 Å². The van der Waals surface area contributed by atoms with Crippen molar-refractivity contribution >= 4 is 17.5 Å². The molecule has 9 heteroatoms. The van der Waals surface area contributed by atoms with Crippen molar-refractivity contribution in [1.29, 1.82) is 0 Å². The van der Waals surface area contributed by atoms with E-state index in [-0.39, 0.29) is 24.2 Å². The van der Waals surface area contributed by atoms with Crippen LogP contribution in [0.1, 0.15) is 19.2 Å². The molecule has 0 radical (unpaired) electrons. The number of carbonyl (C=O) groups is 2. The van der Waals surface area contributed by atoms with Gasteiger partial charge in [-0.05, 0) is 31.2 Å². The maximum atomic E-state index is 12.3. The lowest BCUT2D eigenvalue weighted by Gasteiger charge is -2.13. The number of benzene rings is 1. The summed E-state index contributed by atoms with van der Waals surface area (Å²) in [5.74, 6) is 1.09. The van der Waals surface area contributed by atoms with E-state index in [4.69, 9.17) is 4.74 Å². The van der Waals surface area contributed by atoms with Gasteiger partial charge in [0, 0.05) is 44.1 Å². The first-order valence-corrected chi connectivity index (χ1v) is 9.98. The molecule has 9 nitrogen and oxygen atoms in total. The van der Waals surface area contributed by atoms with Crippen LogP contribution in [-0.4, -0.2) is 63.0 Å². The van der Waals surface area contributed by atoms with Crippen molar-refractivity contribution in [1.82, 2.24) is 29.8 Å². The maximum Gasteiger partial charge on any atom is 0.225 e.